The molecule has 0 amide bonds. The summed E-state index contributed by atoms with van der Waals surface area (Å²) in [4.78, 5) is 22.2. The van der Waals surface area contributed by atoms with Gasteiger partial charge in [0.1, 0.15) is 0 Å². The first-order valence-corrected chi connectivity index (χ1v) is 7.20. The van der Waals surface area contributed by atoms with E-state index in [1.807, 2.05) is 36.4 Å². The number of nitro groups is 1. The topological polar surface area (TPSA) is 84.6 Å². The largest absolute Gasteiger partial charge is 0.287 e. The highest BCUT2D eigenvalue weighted by molar-refractivity contribution is 6.35. The summed E-state index contributed by atoms with van der Waals surface area (Å²) in [5.74, 6) is -0.227. The molecule has 0 bridgehead atoms. The fourth-order valence-corrected chi connectivity index (χ4v) is 2.24. The van der Waals surface area contributed by atoms with Crippen LogP contribution < -0.4 is 5.43 Å². The molecule has 0 saturated carbocycles. The molecule has 0 atom stereocenters. The third-order valence-corrected chi connectivity index (χ3v) is 3.49. The number of Topliss-reactive ketones (excluding diaryl/α,β-unsaturated/α-hetero) is 1. The summed E-state index contributed by atoms with van der Waals surface area (Å²) in [5.41, 5.74) is 3.77. The van der Waals surface area contributed by atoms with E-state index in [1.165, 1.54) is 30.5 Å². The van der Waals surface area contributed by atoms with Crippen LogP contribution in [0.3, 0.4) is 0 Å². The minimum atomic E-state index is -0.476. The number of nitrogens with zero attached hydrogens (tertiary/aromatic N) is 2. The van der Waals surface area contributed by atoms with Gasteiger partial charge in [-0.05, 0) is 29.0 Å². The molecular weight excluding hydrogens is 306 g/mol. The van der Waals surface area contributed by atoms with E-state index in [2.05, 4.69) is 10.5 Å². The number of carbonyl (C=O) groups excluding carboxylic acids is 1. The van der Waals surface area contributed by atoms with Gasteiger partial charge < -0.3 is 0 Å². The van der Waals surface area contributed by atoms with Crippen molar-refractivity contribution in [3.05, 3.63) is 82.4 Å². The summed E-state index contributed by atoms with van der Waals surface area (Å²) in [6.07, 6.45) is 1.19. The second-order valence-electron chi connectivity index (χ2n) is 5.10. The number of ketones is 1. The van der Waals surface area contributed by atoms with Gasteiger partial charge in [-0.1, -0.05) is 36.4 Å². The van der Waals surface area contributed by atoms with Crippen LogP contribution in [0.5, 0.6) is 0 Å². The van der Waals surface area contributed by atoms with Crippen molar-refractivity contribution in [1.82, 2.24) is 0 Å². The minimum Gasteiger partial charge on any atom is -0.287 e. The molecule has 1 N–H and O–H groups in total. The van der Waals surface area contributed by atoms with E-state index in [0.29, 0.717) is 11.3 Å². The number of rotatable bonds is 5. The molecule has 0 unspecified atom stereocenters. The zero-order chi connectivity index (χ0) is 16.9. The summed E-state index contributed by atoms with van der Waals surface area (Å²) >= 11 is 0. The summed E-state index contributed by atoms with van der Waals surface area (Å²) in [6, 6.07) is 19.0. The Morgan fingerprint density at radius 2 is 1.71 bits per heavy atom. The van der Waals surface area contributed by atoms with Gasteiger partial charge >= 0.3 is 0 Å². The molecule has 6 heteroatoms. The molecule has 0 saturated heterocycles. The Labute approximate surface area is 137 Å². The van der Waals surface area contributed by atoms with Crippen molar-refractivity contribution in [2.45, 2.75) is 0 Å². The predicted molar refractivity (Wildman–Crippen MR) is 93.5 cm³/mol. The third kappa shape index (κ3) is 3.44. The van der Waals surface area contributed by atoms with Gasteiger partial charge in [0.15, 0.2) is 0 Å². The number of nitrogens with one attached hydrogen (secondary N) is 1. The van der Waals surface area contributed by atoms with E-state index in [9.17, 15) is 14.9 Å². The Balaban J connectivity index is 1.68. The zero-order valence-corrected chi connectivity index (χ0v) is 12.5. The van der Waals surface area contributed by atoms with Crippen molar-refractivity contribution in [2.24, 2.45) is 5.10 Å². The number of hydrogen-bond acceptors (Lipinski definition) is 5. The highest BCUT2D eigenvalue weighted by Crippen LogP contribution is 2.16. The van der Waals surface area contributed by atoms with Gasteiger partial charge in [-0.2, -0.15) is 5.10 Å². The lowest BCUT2D eigenvalue weighted by atomic mass is 10.1. The maximum atomic E-state index is 12.1. The molecule has 0 heterocycles. The first kappa shape index (κ1) is 15.4. The fraction of sp³-hybridized carbons (Fsp3) is 0. The second kappa shape index (κ2) is 6.70. The van der Waals surface area contributed by atoms with Gasteiger partial charge in [-0.3, -0.25) is 20.3 Å². The molecule has 3 rings (SSSR count). The number of fused-ring (bicyclic) bond motifs is 1. The molecule has 0 fully saturated rings. The average molecular weight is 319 g/mol. The quantitative estimate of drug-likeness (QED) is 0.333. The number of nitro benzene ring substituents is 1. The number of anilines is 1. The molecule has 0 aliphatic heterocycles. The molecule has 0 aromatic heterocycles. The lowest BCUT2D eigenvalue weighted by molar-refractivity contribution is -0.384. The number of benzene rings is 3. The monoisotopic (exact) mass is 319 g/mol. The third-order valence-electron chi connectivity index (χ3n) is 3.49. The summed E-state index contributed by atoms with van der Waals surface area (Å²) in [7, 11) is 0. The van der Waals surface area contributed by atoms with Gasteiger partial charge in [0.25, 0.3) is 5.69 Å². The smallest absolute Gasteiger partial charge is 0.269 e. The van der Waals surface area contributed by atoms with Crippen LogP contribution in [-0.4, -0.2) is 16.9 Å². The van der Waals surface area contributed by atoms with Gasteiger partial charge in [0.05, 0.1) is 16.8 Å². The maximum absolute atomic E-state index is 12.1. The Bertz CT molecular complexity index is 934. The van der Waals surface area contributed by atoms with Crippen molar-refractivity contribution in [1.29, 1.82) is 0 Å². The first-order chi connectivity index (χ1) is 11.6. The minimum absolute atomic E-state index is 0.00299. The maximum Gasteiger partial charge on any atom is 0.269 e. The van der Waals surface area contributed by atoms with Crippen molar-refractivity contribution < 1.29 is 9.72 Å². The fourth-order valence-electron chi connectivity index (χ4n) is 2.24. The van der Waals surface area contributed by atoms with Crippen LogP contribution in [0, 0.1) is 10.1 Å². The highest BCUT2D eigenvalue weighted by Gasteiger charge is 2.05. The zero-order valence-electron chi connectivity index (χ0n) is 12.5. The molecule has 24 heavy (non-hydrogen) atoms. The van der Waals surface area contributed by atoms with Crippen LogP contribution in [-0.2, 0) is 0 Å². The van der Waals surface area contributed by atoms with E-state index in [0.717, 1.165) is 10.8 Å². The molecule has 0 radical (unpaired) electrons. The highest BCUT2D eigenvalue weighted by atomic mass is 16.6. The molecule has 3 aromatic carbocycles. The van der Waals surface area contributed by atoms with Crippen LogP contribution in [0.25, 0.3) is 10.8 Å². The Morgan fingerprint density at radius 3 is 2.42 bits per heavy atom. The molecular formula is C18H13N3O3. The summed E-state index contributed by atoms with van der Waals surface area (Å²) in [6.45, 7) is 0. The van der Waals surface area contributed by atoms with Crippen molar-refractivity contribution >= 4 is 34.1 Å². The van der Waals surface area contributed by atoms with Crippen LogP contribution in [0.1, 0.15) is 10.4 Å². The van der Waals surface area contributed by atoms with Crippen molar-refractivity contribution in [2.75, 3.05) is 5.43 Å². The van der Waals surface area contributed by atoms with E-state index in [1.54, 1.807) is 6.07 Å². The van der Waals surface area contributed by atoms with E-state index in [4.69, 9.17) is 0 Å². The van der Waals surface area contributed by atoms with Crippen LogP contribution >= 0.6 is 0 Å². The van der Waals surface area contributed by atoms with Crippen LogP contribution in [0.4, 0.5) is 11.4 Å². The Morgan fingerprint density at radius 1 is 1.00 bits per heavy atom. The molecule has 0 aliphatic carbocycles. The standard InChI is InChI=1S/C18H13N3O3/c22-18(15-6-5-13-3-1-2-4-14(13)11-15)12-19-20-16-7-9-17(10-8-16)21(23)24/h1-12,20H/b19-12+. The Hall–Kier alpha value is -3.54. The normalized spacial score (nSPS) is 10.8. The van der Waals surface area contributed by atoms with Crippen LogP contribution in [0.15, 0.2) is 71.8 Å². The molecule has 118 valence electrons. The van der Waals surface area contributed by atoms with Crippen LogP contribution in [0.2, 0.25) is 0 Å². The average Bonchev–Trinajstić information content (AvgIpc) is 2.61. The first-order valence-electron chi connectivity index (χ1n) is 7.20. The SMILES string of the molecule is O=C(/C=N/Nc1ccc([N+](=O)[O-])cc1)c1ccc2ccccc2c1. The van der Waals surface area contributed by atoms with Gasteiger partial charge in [0, 0.05) is 17.7 Å². The van der Waals surface area contributed by atoms with Gasteiger partial charge in [0.2, 0.25) is 5.78 Å². The van der Waals surface area contributed by atoms with E-state index in [-0.39, 0.29) is 11.5 Å². The van der Waals surface area contributed by atoms with Gasteiger partial charge in [-0.15, -0.1) is 0 Å². The lowest BCUT2D eigenvalue weighted by Crippen LogP contribution is -2.02. The predicted octanol–water partition coefficient (Wildman–Crippen LogP) is 4.03. The van der Waals surface area contributed by atoms with E-state index < -0.39 is 4.92 Å². The molecule has 0 aliphatic rings. The molecule has 3 aromatic rings. The number of carbonyl (C=O) groups is 1. The lowest BCUT2D eigenvalue weighted by Gasteiger charge is -2.01. The van der Waals surface area contributed by atoms with E-state index >= 15 is 0 Å². The molecule has 6 nitrogen and oxygen atoms in total. The second-order valence-corrected chi connectivity index (χ2v) is 5.10. The Kier molecular flexibility index (Phi) is 4.29. The van der Waals surface area contributed by atoms with Crippen molar-refractivity contribution in [3.8, 4) is 0 Å². The summed E-state index contributed by atoms with van der Waals surface area (Å²) in [5, 5.41) is 16.5. The van der Waals surface area contributed by atoms with Crippen molar-refractivity contribution in [3.63, 3.8) is 0 Å². The molecule has 0 spiro atoms. The van der Waals surface area contributed by atoms with Gasteiger partial charge in [-0.25, -0.2) is 0 Å². The number of non-ortho nitro benzene ring substituents is 1. The number of hydrogen-bond donors (Lipinski definition) is 1. The number of hydrazone groups is 1. The summed E-state index contributed by atoms with van der Waals surface area (Å²) < 4.78 is 0.